The second-order valence-electron chi connectivity index (χ2n) is 6.28. The van der Waals surface area contributed by atoms with Crippen molar-refractivity contribution in [3.8, 4) is 0 Å². The van der Waals surface area contributed by atoms with Gasteiger partial charge in [-0.2, -0.15) is 0 Å². The zero-order chi connectivity index (χ0) is 18.7. The number of ether oxygens (including phenoxy) is 1. The molecule has 2 amide bonds. The minimum Gasteiger partial charge on any atom is -0.385 e. The maximum atomic E-state index is 12.9. The van der Waals surface area contributed by atoms with Crippen LogP contribution in [0.15, 0.2) is 41.4 Å². The summed E-state index contributed by atoms with van der Waals surface area (Å²) in [4.78, 5) is 28.0. The van der Waals surface area contributed by atoms with E-state index in [2.05, 4.69) is 5.32 Å². The summed E-state index contributed by atoms with van der Waals surface area (Å²) in [5, 5.41) is 5.12. The van der Waals surface area contributed by atoms with Gasteiger partial charge in [0.25, 0.3) is 11.8 Å². The third kappa shape index (κ3) is 3.57. The molecule has 1 N–H and O–H groups in total. The number of methoxy groups -OCH3 is 1. The Kier molecular flexibility index (Phi) is 5.54. The van der Waals surface area contributed by atoms with Crippen LogP contribution < -0.4 is 5.32 Å². The predicted octanol–water partition coefficient (Wildman–Crippen LogP) is 3.59. The maximum Gasteiger partial charge on any atom is 0.278 e. The van der Waals surface area contributed by atoms with Crippen LogP contribution in [0.5, 0.6) is 0 Å². The van der Waals surface area contributed by atoms with E-state index in [4.69, 9.17) is 4.74 Å². The minimum absolute atomic E-state index is 0.249. The third-order valence-electron chi connectivity index (χ3n) is 4.31. The van der Waals surface area contributed by atoms with Crippen molar-refractivity contribution >= 4 is 34.4 Å². The Hall–Kier alpha value is -2.44. The average molecular weight is 370 g/mol. The summed E-state index contributed by atoms with van der Waals surface area (Å²) >= 11 is 1.46. The highest BCUT2D eigenvalue weighted by Crippen LogP contribution is 2.33. The highest BCUT2D eigenvalue weighted by molar-refractivity contribution is 7.11. The molecule has 1 aromatic carbocycles. The molecule has 26 heavy (non-hydrogen) atoms. The summed E-state index contributed by atoms with van der Waals surface area (Å²) < 4.78 is 5.04. The van der Waals surface area contributed by atoms with Crippen molar-refractivity contribution in [2.45, 2.75) is 20.3 Å². The Labute approximate surface area is 157 Å². The number of nitrogens with one attached hydrogen (secondary N) is 1. The molecule has 0 saturated carbocycles. The summed E-state index contributed by atoms with van der Waals surface area (Å²) in [7, 11) is 1.61. The molecule has 6 heteroatoms. The molecule has 1 aliphatic heterocycles. The Morgan fingerprint density at radius 1 is 1.15 bits per heavy atom. The quantitative estimate of drug-likeness (QED) is 0.598. The summed E-state index contributed by atoms with van der Waals surface area (Å²) in [6, 6.07) is 9.72. The molecule has 0 fully saturated rings. The van der Waals surface area contributed by atoms with Crippen LogP contribution in [0.2, 0.25) is 0 Å². The largest absolute Gasteiger partial charge is 0.385 e. The number of hydrogen-bond acceptors (Lipinski definition) is 5. The van der Waals surface area contributed by atoms with Gasteiger partial charge in [-0.25, -0.2) is 0 Å². The van der Waals surface area contributed by atoms with E-state index in [1.165, 1.54) is 16.2 Å². The number of hydrogen-bond donors (Lipinski definition) is 1. The number of benzene rings is 1. The number of aryl methyl sites for hydroxylation is 2. The number of carbonyl (C=O) groups is 2. The molecule has 2 heterocycles. The Morgan fingerprint density at radius 2 is 1.96 bits per heavy atom. The molecule has 5 nitrogen and oxygen atoms in total. The first-order valence-corrected chi connectivity index (χ1v) is 9.38. The van der Waals surface area contributed by atoms with Crippen molar-refractivity contribution in [2.24, 2.45) is 0 Å². The zero-order valence-corrected chi connectivity index (χ0v) is 16.0. The second-order valence-corrected chi connectivity index (χ2v) is 7.23. The molecular weight excluding hydrogens is 348 g/mol. The van der Waals surface area contributed by atoms with Gasteiger partial charge in [-0.05, 0) is 43.3 Å². The van der Waals surface area contributed by atoms with E-state index >= 15 is 0 Å². The second kappa shape index (κ2) is 7.85. The molecule has 1 aliphatic rings. The zero-order valence-electron chi connectivity index (χ0n) is 15.2. The topological polar surface area (TPSA) is 58.6 Å². The fourth-order valence-corrected chi connectivity index (χ4v) is 3.77. The molecule has 3 rings (SSSR count). The number of anilines is 1. The van der Waals surface area contributed by atoms with Crippen molar-refractivity contribution in [1.82, 2.24) is 4.90 Å². The molecule has 0 saturated heterocycles. The van der Waals surface area contributed by atoms with Gasteiger partial charge in [-0.15, -0.1) is 11.3 Å². The van der Waals surface area contributed by atoms with E-state index in [1.807, 2.05) is 49.6 Å². The van der Waals surface area contributed by atoms with Crippen molar-refractivity contribution in [3.63, 3.8) is 0 Å². The van der Waals surface area contributed by atoms with Gasteiger partial charge in [0, 0.05) is 30.8 Å². The Balaban J connectivity index is 1.96. The van der Waals surface area contributed by atoms with Crippen LogP contribution in [0.4, 0.5) is 5.69 Å². The molecule has 0 spiro atoms. The number of imide groups is 1. The maximum absolute atomic E-state index is 12.9. The van der Waals surface area contributed by atoms with Gasteiger partial charge < -0.3 is 10.1 Å². The molecule has 0 aliphatic carbocycles. The van der Waals surface area contributed by atoms with E-state index < -0.39 is 0 Å². The lowest BCUT2D eigenvalue weighted by Crippen LogP contribution is -2.33. The summed E-state index contributed by atoms with van der Waals surface area (Å²) in [5.41, 5.74) is 3.81. The van der Waals surface area contributed by atoms with Crippen molar-refractivity contribution in [1.29, 1.82) is 0 Å². The first kappa shape index (κ1) is 18.4. The van der Waals surface area contributed by atoms with Crippen LogP contribution >= 0.6 is 11.3 Å². The van der Waals surface area contributed by atoms with Crippen molar-refractivity contribution < 1.29 is 14.3 Å². The van der Waals surface area contributed by atoms with Gasteiger partial charge in [-0.3, -0.25) is 14.5 Å². The van der Waals surface area contributed by atoms with Crippen LogP contribution in [-0.2, 0) is 14.3 Å². The van der Waals surface area contributed by atoms with E-state index in [0.29, 0.717) is 30.8 Å². The number of nitrogens with zero attached hydrogens (tertiary/aromatic N) is 1. The smallest absolute Gasteiger partial charge is 0.278 e. The van der Waals surface area contributed by atoms with Gasteiger partial charge in [0.15, 0.2) is 0 Å². The van der Waals surface area contributed by atoms with Crippen LogP contribution in [0.3, 0.4) is 0 Å². The third-order valence-corrected chi connectivity index (χ3v) is 5.19. The highest BCUT2D eigenvalue weighted by atomic mass is 32.1. The normalized spacial score (nSPS) is 14.5. The van der Waals surface area contributed by atoms with E-state index in [9.17, 15) is 9.59 Å². The van der Waals surface area contributed by atoms with E-state index in [-0.39, 0.29) is 11.8 Å². The molecular formula is C20H22N2O3S. The van der Waals surface area contributed by atoms with E-state index in [1.54, 1.807) is 7.11 Å². The molecule has 0 unspecified atom stereocenters. The monoisotopic (exact) mass is 370 g/mol. The minimum atomic E-state index is -0.283. The van der Waals surface area contributed by atoms with E-state index in [0.717, 1.165) is 21.7 Å². The highest BCUT2D eigenvalue weighted by Gasteiger charge is 2.39. The van der Waals surface area contributed by atoms with Gasteiger partial charge in [-0.1, -0.05) is 23.8 Å². The van der Waals surface area contributed by atoms with Gasteiger partial charge in [0.1, 0.15) is 5.70 Å². The average Bonchev–Trinajstić information content (AvgIpc) is 3.20. The molecule has 136 valence electrons. The van der Waals surface area contributed by atoms with Crippen LogP contribution in [0, 0.1) is 13.8 Å². The van der Waals surface area contributed by atoms with Gasteiger partial charge in [0.2, 0.25) is 0 Å². The lowest BCUT2D eigenvalue weighted by molar-refractivity contribution is -0.136. The van der Waals surface area contributed by atoms with Crippen LogP contribution in [0.25, 0.3) is 5.57 Å². The van der Waals surface area contributed by atoms with Gasteiger partial charge in [0.05, 0.1) is 5.57 Å². The summed E-state index contributed by atoms with van der Waals surface area (Å²) in [6.07, 6.45) is 0.614. The molecule has 1 aromatic heterocycles. The molecule has 0 bridgehead atoms. The SMILES string of the molecule is COCCCN1C(=O)C(Nc2ccc(C)cc2C)=C(c2cccs2)C1=O. The first-order valence-electron chi connectivity index (χ1n) is 8.50. The molecule has 0 radical (unpaired) electrons. The van der Waals surface area contributed by atoms with Crippen LogP contribution in [0.1, 0.15) is 22.4 Å². The molecule has 0 atom stereocenters. The summed E-state index contributed by atoms with van der Waals surface area (Å²) in [5.74, 6) is -0.532. The number of rotatable bonds is 7. The fraction of sp³-hybridized carbons (Fsp3) is 0.300. The van der Waals surface area contributed by atoms with Crippen molar-refractivity contribution in [3.05, 3.63) is 57.4 Å². The van der Waals surface area contributed by atoms with Crippen LogP contribution in [-0.4, -0.2) is 37.0 Å². The summed E-state index contributed by atoms with van der Waals surface area (Å²) in [6.45, 7) is 4.86. The van der Waals surface area contributed by atoms with Gasteiger partial charge >= 0.3 is 0 Å². The lowest BCUT2D eigenvalue weighted by Gasteiger charge is -2.15. The lowest BCUT2D eigenvalue weighted by atomic mass is 10.1. The Morgan fingerprint density at radius 3 is 2.62 bits per heavy atom. The standard InChI is InChI=1S/C20H22N2O3S/c1-13-7-8-15(14(2)12-13)21-18-17(16-6-4-11-26-16)19(23)22(20(18)24)9-5-10-25-3/h4,6-8,11-12,21H,5,9-10H2,1-3H3. The number of carbonyl (C=O) groups excluding carboxylic acids is 2. The predicted molar refractivity (Wildman–Crippen MR) is 104 cm³/mol. The van der Waals surface area contributed by atoms with Crippen molar-refractivity contribution in [2.75, 3.05) is 25.6 Å². The molecule has 2 aromatic rings. The number of amides is 2. The number of thiophene rings is 1. The Bertz CT molecular complexity index is 856. The first-order chi connectivity index (χ1) is 12.5. The fourth-order valence-electron chi connectivity index (χ4n) is 3.00.